The van der Waals surface area contributed by atoms with Gasteiger partial charge in [0, 0.05) is 24.7 Å². The van der Waals surface area contributed by atoms with E-state index in [2.05, 4.69) is 21.3 Å². The maximum Gasteiger partial charge on any atom is 0.404 e. The molecule has 130 valence electrons. The van der Waals surface area contributed by atoms with Gasteiger partial charge in [0.15, 0.2) is 0 Å². The second kappa shape index (κ2) is 7.95. The van der Waals surface area contributed by atoms with E-state index in [0.29, 0.717) is 18.0 Å². The lowest BCUT2D eigenvalue weighted by Crippen LogP contribution is -2.39. The van der Waals surface area contributed by atoms with E-state index in [1.165, 1.54) is 5.56 Å². The van der Waals surface area contributed by atoms with Crippen molar-refractivity contribution in [1.82, 2.24) is 15.2 Å². The molecule has 2 N–H and O–H groups in total. The van der Waals surface area contributed by atoms with Crippen molar-refractivity contribution in [3.8, 4) is 6.07 Å². The number of nitrogens with zero attached hydrogens (tertiary/aromatic N) is 3. The second-order valence-electron chi connectivity index (χ2n) is 6.53. The highest BCUT2D eigenvalue weighted by atomic mass is 16.4. The number of nitrogens with one attached hydrogen (secondary N) is 1. The van der Waals surface area contributed by atoms with Gasteiger partial charge in [0.05, 0.1) is 17.1 Å². The van der Waals surface area contributed by atoms with Crippen LogP contribution in [0.5, 0.6) is 0 Å². The van der Waals surface area contributed by atoms with Crippen LogP contribution in [0.3, 0.4) is 0 Å². The third-order valence-electron chi connectivity index (χ3n) is 4.91. The number of likely N-dealkylation sites (tertiary alicyclic amines) is 1. The Morgan fingerprint density at radius 2 is 2.16 bits per heavy atom. The molecule has 1 aliphatic rings. The average molecular weight is 338 g/mol. The number of pyridine rings is 1. The molecule has 1 saturated heterocycles. The Balaban J connectivity index is 1.57. The fourth-order valence-corrected chi connectivity index (χ4v) is 3.42. The first-order valence-corrected chi connectivity index (χ1v) is 8.62. The Bertz CT molecular complexity index is 792. The van der Waals surface area contributed by atoms with Crippen molar-refractivity contribution in [2.45, 2.75) is 19.3 Å². The maximum absolute atomic E-state index is 10.6. The van der Waals surface area contributed by atoms with E-state index < -0.39 is 6.09 Å². The summed E-state index contributed by atoms with van der Waals surface area (Å²) in [4.78, 5) is 17.4. The van der Waals surface area contributed by atoms with Gasteiger partial charge in [0.1, 0.15) is 0 Å². The third-order valence-corrected chi connectivity index (χ3v) is 4.91. The summed E-state index contributed by atoms with van der Waals surface area (Å²) >= 11 is 0. The van der Waals surface area contributed by atoms with Crippen LogP contribution >= 0.6 is 0 Å². The zero-order valence-corrected chi connectivity index (χ0v) is 14.1. The first kappa shape index (κ1) is 17.2. The van der Waals surface area contributed by atoms with Crippen molar-refractivity contribution in [1.29, 1.82) is 5.26 Å². The molecular weight excluding hydrogens is 316 g/mol. The Morgan fingerprint density at radius 3 is 2.88 bits per heavy atom. The molecule has 1 fully saturated rings. The van der Waals surface area contributed by atoms with E-state index in [-0.39, 0.29) is 0 Å². The topological polar surface area (TPSA) is 89.3 Å². The Labute approximate surface area is 147 Å². The van der Waals surface area contributed by atoms with Crippen LogP contribution in [0.25, 0.3) is 10.9 Å². The molecule has 1 amide bonds. The number of hydrogen-bond acceptors (Lipinski definition) is 4. The number of rotatable bonds is 5. The molecule has 25 heavy (non-hydrogen) atoms. The number of nitriles is 1. The number of aromatic nitrogens is 1. The third kappa shape index (κ3) is 4.46. The fraction of sp³-hybridized carbons (Fsp3) is 0.421. The van der Waals surface area contributed by atoms with Gasteiger partial charge in [0.25, 0.3) is 0 Å². The normalized spacial score (nSPS) is 15.8. The van der Waals surface area contributed by atoms with Crippen molar-refractivity contribution >= 4 is 17.0 Å². The Morgan fingerprint density at radius 1 is 1.36 bits per heavy atom. The first-order chi connectivity index (χ1) is 12.2. The molecule has 0 radical (unpaired) electrons. The number of fused-ring (bicyclic) bond motifs is 1. The summed E-state index contributed by atoms with van der Waals surface area (Å²) in [6.45, 7) is 3.51. The summed E-state index contributed by atoms with van der Waals surface area (Å²) in [5.41, 5.74) is 2.81. The van der Waals surface area contributed by atoms with Crippen LogP contribution in [0.2, 0.25) is 0 Å². The smallest absolute Gasteiger partial charge is 0.404 e. The molecular formula is C19H22N4O2. The Hall–Kier alpha value is -2.65. The fourth-order valence-electron chi connectivity index (χ4n) is 3.42. The molecule has 3 rings (SSSR count). The number of carboxylic acid groups (broad SMARTS) is 1. The maximum atomic E-state index is 10.6. The molecule has 2 heterocycles. The summed E-state index contributed by atoms with van der Waals surface area (Å²) in [6, 6.07) is 9.85. The quantitative estimate of drug-likeness (QED) is 0.875. The van der Waals surface area contributed by atoms with Gasteiger partial charge in [0.2, 0.25) is 0 Å². The highest BCUT2D eigenvalue weighted by Crippen LogP contribution is 2.21. The number of hydrogen-bond donors (Lipinski definition) is 2. The lowest BCUT2D eigenvalue weighted by molar-refractivity contribution is 0.171. The van der Waals surface area contributed by atoms with Gasteiger partial charge < -0.3 is 15.3 Å². The summed E-state index contributed by atoms with van der Waals surface area (Å²) in [5.74, 6) is 0.437. The van der Waals surface area contributed by atoms with Crippen molar-refractivity contribution < 1.29 is 9.90 Å². The van der Waals surface area contributed by atoms with Crippen molar-refractivity contribution in [3.63, 3.8) is 0 Å². The van der Waals surface area contributed by atoms with Crippen LogP contribution in [0, 0.1) is 17.2 Å². The molecule has 0 atom stereocenters. The SMILES string of the molecule is N#Cc1ccc2nccc(CCN3CCC(CNC(=O)O)CC3)c2c1. The van der Waals surface area contributed by atoms with Gasteiger partial charge >= 0.3 is 6.09 Å². The Kier molecular flexibility index (Phi) is 5.46. The van der Waals surface area contributed by atoms with E-state index in [9.17, 15) is 4.79 Å². The lowest BCUT2D eigenvalue weighted by atomic mass is 9.96. The van der Waals surface area contributed by atoms with Crippen molar-refractivity contribution in [2.24, 2.45) is 5.92 Å². The molecule has 6 heteroatoms. The minimum Gasteiger partial charge on any atom is -0.465 e. The number of benzene rings is 1. The lowest BCUT2D eigenvalue weighted by Gasteiger charge is -2.31. The highest BCUT2D eigenvalue weighted by Gasteiger charge is 2.19. The molecule has 0 bridgehead atoms. The van der Waals surface area contributed by atoms with Crippen molar-refractivity contribution in [2.75, 3.05) is 26.2 Å². The molecule has 1 aromatic carbocycles. The van der Waals surface area contributed by atoms with E-state index in [1.54, 1.807) is 6.07 Å². The van der Waals surface area contributed by atoms with Gasteiger partial charge in [-0.2, -0.15) is 5.26 Å². The first-order valence-electron chi connectivity index (χ1n) is 8.62. The molecule has 0 unspecified atom stereocenters. The van der Waals surface area contributed by atoms with Crippen LogP contribution in [0.4, 0.5) is 4.79 Å². The van der Waals surface area contributed by atoms with E-state index >= 15 is 0 Å². The zero-order valence-electron chi connectivity index (χ0n) is 14.1. The van der Waals surface area contributed by atoms with Gasteiger partial charge in [-0.25, -0.2) is 4.79 Å². The highest BCUT2D eigenvalue weighted by molar-refractivity contribution is 5.83. The zero-order chi connectivity index (χ0) is 17.6. The van der Waals surface area contributed by atoms with E-state index in [4.69, 9.17) is 10.4 Å². The number of piperidine rings is 1. The molecule has 6 nitrogen and oxygen atoms in total. The standard InChI is InChI=1S/C19H22N4O2/c20-12-15-1-2-18-17(11-15)16(3-7-21-18)6-10-23-8-4-14(5-9-23)13-22-19(24)25/h1-3,7,11,14,22H,4-6,8-10,13H2,(H,24,25). The van der Waals surface area contributed by atoms with Crippen LogP contribution < -0.4 is 5.32 Å². The molecule has 2 aromatic rings. The van der Waals surface area contributed by atoms with E-state index in [0.717, 1.165) is 49.8 Å². The predicted octanol–water partition coefficient (Wildman–Crippen LogP) is 2.63. The summed E-state index contributed by atoms with van der Waals surface area (Å²) < 4.78 is 0. The summed E-state index contributed by atoms with van der Waals surface area (Å²) in [5, 5.41) is 21.3. The minimum absolute atomic E-state index is 0.437. The average Bonchev–Trinajstić information content (AvgIpc) is 2.65. The number of carbonyl (C=O) groups is 1. The number of amides is 1. The summed E-state index contributed by atoms with van der Waals surface area (Å²) in [6.07, 6.45) is 3.86. The monoisotopic (exact) mass is 338 g/mol. The van der Waals surface area contributed by atoms with Gasteiger partial charge in [-0.3, -0.25) is 4.98 Å². The van der Waals surface area contributed by atoms with E-state index in [1.807, 2.05) is 24.4 Å². The largest absolute Gasteiger partial charge is 0.465 e. The molecule has 0 saturated carbocycles. The van der Waals surface area contributed by atoms with Crippen LogP contribution in [0.1, 0.15) is 24.0 Å². The van der Waals surface area contributed by atoms with Gasteiger partial charge in [-0.15, -0.1) is 0 Å². The van der Waals surface area contributed by atoms with Gasteiger partial charge in [-0.05, 0) is 68.1 Å². The molecule has 0 aliphatic carbocycles. The van der Waals surface area contributed by atoms with Crippen molar-refractivity contribution in [3.05, 3.63) is 41.6 Å². The minimum atomic E-state index is -0.941. The van der Waals surface area contributed by atoms with Crippen LogP contribution in [-0.4, -0.2) is 47.3 Å². The summed E-state index contributed by atoms with van der Waals surface area (Å²) in [7, 11) is 0. The van der Waals surface area contributed by atoms with Crippen LogP contribution in [-0.2, 0) is 6.42 Å². The molecule has 1 aromatic heterocycles. The van der Waals surface area contributed by atoms with Crippen LogP contribution in [0.15, 0.2) is 30.5 Å². The molecule has 1 aliphatic heterocycles. The predicted molar refractivity (Wildman–Crippen MR) is 95.4 cm³/mol. The molecule has 0 spiro atoms. The second-order valence-corrected chi connectivity index (χ2v) is 6.53. The van der Waals surface area contributed by atoms with Gasteiger partial charge in [-0.1, -0.05) is 0 Å².